The fraction of sp³-hybridized carbons (Fsp3) is 0.250. The zero-order valence-corrected chi connectivity index (χ0v) is 15.5. The van der Waals surface area contributed by atoms with Gasteiger partial charge in [-0.2, -0.15) is 0 Å². The molecule has 1 N–H and O–H groups in total. The Morgan fingerprint density at radius 2 is 2.00 bits per heavy atom. The van der Waals surface area contributed by atoms with Crippen molar-refractivity contribution < 1.29 is 18.3 Å². The molecule has 28 heavy (non-hydrogen) atoms. The molecule has 0 amide bonds. The summed E-state index contributed by atoms with van der Waals surface area (Å²) in [7, 11) is 0. The van der Waals surface area contributed by atoms with Gasteiger partial charge < -0.3 is 10.1 Å². The van der Waals surface area contributed by atoms with Crippen LogP contribution < -0.4 is 5.32 Å². The number of para-hydroxylation sites is 1. The van der Waals surface area contributed by atoms with Gasteiger partial charge in [0.2, 0.25) is 0 Å². The summed E-state index contributed by atoms with van der Waals surface area (Å²) in [5, 5.41) is 11.2. The number of aromatic nitrogens is 3. The molecule has 3 rings (SSSR count). The second kappa shape index (κ2) is 8.16. The van der Waals surface area contributed by atoms with Gasteiger partial charge in [-0.1, -0.05) is 35.5 Å². The molecule has 6 nitrogen and oxygen atoms in total. The minimum absolute atomic E-state index is 0.0376. The van der Waals surface area contributed by atoms with Gasteiger partial charge >= 0.3 is 5.97 Å². The number of hydrogen-bond acceptors (Lipinski definition) is 5. The van der Waals surface area contributed by atoms with Crippen molar-refractivity contribution in [3.8, 4) is 11.3 Å². The third-order valence-electron chi connectivity index (χ3n) is 3.99. The standard InChI is InChI=1S/C20H20F2N4O2/c1-3-28-19(27)13-26-12-18(24-25-26)16-9-4-5-10-17(16)23-15-8-6-7-14(11-15)20(2,21)22/h4-12,23H,3,13H2,1-2H3. The first-order chi connectivity index (χ1) is 13.4. The molecular formula is C20H20F2N4O2. The summed E-state index contributed by atoms with van der Waals surface area (Å²) in [4.78, 5) is 11.6. The van der Waals surface area contributed by atoms with Crippen molar-refractivity contribution in [2.75, 3.05) is 11.9 Å². The van der Waals surface area contributed by atoms with E-state index in [-0.39, 0.29) is 12.1 Å². The van der Waals surface area contributed by atoms with E-state index in [0.717, 1.165) is 12.5 Å². The van der Waals surface area contributed by atoms with Crippen LogP contribution in [0.1, 0.15) is 19.4 Å². The maximum atomic E-state index is 13.6. The minimum Gasteiger partial charge on any atom is -0.465 e. The third-order valence-corrected chi connectivity index (χ3v) is 3.99. The van der Waals surface area contributed by atoms with Crippen LogP contribution in [-0.2, 0) is 22.0 Å². The Morgan fingerprint density at radius 3 is 2.75 bits per heavy atom. The number of carbonyl (C=O) groups is 1. The smallest absolute Gasteiger partial charge is 0.327 e. The molecular weight excluding hydrogens is 366 g/mol. The lowest BCUT2D eigenvalue weighted by Crippen LogP contribution is -2.13. The lowest BCUT2D eigenvalue weighted by Gasteiger charge is -2.14. The fourth-order valence-electron chi connectivity index (χ4n) is 2.68. The minimum atomic E-state index is -2.92. The molecule has 0 spiro atoms. The summed E-state index contributed by atoms with van der Waals surface area (Å²) >= 11 is 0. The lowest BCUT2D eigenvalue weighted by atomic mass is 10.1. The highest BCUT2D eigenvalue weighted by atomic mass is 19.3. The van der Waals surface area contributed by atoms with Crippen LogP contribution in [0, 0.1) is 0 Å². The highest BCUT2D eigenvalue weighted by molar-refractivity contribution is 5.79. The molecule has 0 saturated heterocycles. The van der Waals surface area contributed by atoms with E-state index in [1.807, 2.05) is 24.3 Å². The number of benzene rings is 2. The largest absolute Gasteiger partial charge is 0.465 e. The molecule has 2 aromatic carbocycles. The van der Waals surface area contributed by atoms with Crippen LogP contribution in [0.15, 0.2) is 54.7 Å². The van der Waals surface area contributed by atoms with Crippen molar-refractivity contribution in [1.82, 2.24) is 15.0 Å². The molecule has 0 radical (unpaired) electrons. The number of anilines is 2. The zero-order valence-electron chi connectivity index (χ0n) is 15.5. The molecule has 1 aromatic heterocycles. The lowest BCUT2D eigenvalue weighted by molar-refractivity contribution is -0.144. The Labute approximate surface area is 161 Å². The summed E-state index contributed by atoms with van der Waals surface area (Å²) in [6.07, 6.45) is 1.63. The average Bonchev–Trinajstić information content (AvgIpc) is 3.10. The van der Waals surface area contributed by atoms with Crippen LogP contribution in [-0.4, -0.2) is 27.6 Å². The normalized spacial score (nSPS) is 11.3. The fourth-order valence-corrected chi connectivity index (χ4v) is 2.68. The Bertz CT molecular complexity index is 967. The molecule has 0 aliphatic carbocycles. The predicted octanol–water partition coefficient (Wildman–Crippen LogP) is 4.36. The van der Waals surface area contributed by atoms with E-state index in [9.17, 15) is 13.6 Å². The van der Waals surface area contributed by atoms with Crippen LogP contribution >= 0.6 is 0 Å². The number of hydrogen-bond donors (Lipinski definition) is 1. The molecule has 0 bridgehead atoms. The summed E-state index contributed by atoms with van der Waals surface area (Å²) in [5.41, 5.74) is 2.42. The maximum absolute atomic E-state index is 13.6. The van der Waals surface area contributed by atoms with Gasteiger partial charge in [0, 0.05) is 29.4 Å². The molecule has 146 valence electrons. The van der Waals surface area contributed by atoms with Crippen molar-refractivity contribution in [2.24, 2.45) is 0 Å². The summed E-state index contributed by atoms with van der Waals surface area (Å²) in [5.74, 6) is -3.32. The molecule has 8 heteroatoms. The van der Waals surface area contributed by atoms with E-state index in [1.54, 1.807) is 25.3 Å². The molecule has 0 saturated carbocycles. The van der Waals surface area contributed by atoms with Gasteiger partial charge in [0.05, 0.1) is 12.8 Å². The van der Waals surface area contributed by atoms with Crippen molar-refractivity contribution >= 4 is 17.3 Å². The SMILES string of the molecule is CCOC(=O)Cn1cc(-c2ccccc2Nc2cccc(C(C)(F)F)c2)nn1. The molecule has 0 unspecified atom stereocenters. The van der Waals surface area contributed by atoms with Crippen molar-refractivity contribution in [3.05, 3.63) is 60.3 Å². The first-order valence-corrected chi connectivity index (χ1v) is 8.77. The van der Waals surface area contributed by atoms with Crippen LogP contribution in [0.3, 0.4) is 0 Å². The summed E-state index contributed by atoms with van der Waals surface area (Å²) in [6.45, 7) is 2.85. The van der Waals surface area contributed by atoms with Gasteiger partial charge in [0.25, 0.3) is 5.92 Å². The molecule has 0 aliphatic heterocycles. The second-order valence-electron chi connectivity index (χ2n) is 6.25. The number of nitrogens with zero attached hydrogens (tertiary/aromatic N) is 3. The van der Waals surface area contributed by atoms with Crippen molar-refractivity contribution in [1.29, 1.82) is 0 Å². The van der Waals surface area contributed by atoms with Crippen LogP contribution in [0.2, 0.25) is 0 Å². The molecule has 3 aromatic rings. The molecule has 0 atom stereocenters. The van der Waals surface area contributed by atoms with Crippen LogP contribution in [0.25, 0.3) is 11.3 Å². The summed E-state index contributed by atoms with van der Waals surface area (Å²) < 4.78 is 33.5. The van der Waals surface area contributed by atoms with Gasteiger partial charge in [-0.25, -0.2) is 13.5 Å². The molecule has 0 aliphatic rings. The highest BCUT2D eigenvalue weighted by Crippen LogP contribution is 2.32. The van der Waals surface area contributed by atoms with Crippen molar-refractivity contribution in [2.45, 2.75) is 26.3 Å². The maximum Gasteiger partial charge on any atom is 0.327 e. The number of rotatable bonds is 7. The van der Waals surface area contributed by atoms with E-state index in [1.165, 1.54) is 16.8 Å². The Hall–Kier alpha value is -3.29. The van der Waals surface area contributed by atoms with Gasteiger partial charge in [-0.05, 0) is 25.1 Å². The Kier molecular flexibility index (Phi) is 5.67. The molecule has 0 fully saturated rings. The highest BCUT2D eigenvalue weighted by Gasteiger charge is 2.24. The van der Waals surface area contributed by atoms with Gasteiger partial charge in [-0.3, -0.25) is 4.79 Å². The number of halogens is 2. The van der Waals surface area contributed by atoms with Crippen molar-refractivity contribution in [3.63, 3.8) is 0 Å². The van der Waals surface area contributed by atoms with Gasteiger partial charge in [0.1, 0.15) is 12.2 Å². The number of nitrogens with one attached hydrogen (secondary N) is 1. The van der Waals surface area contributed by atoms with E-state index in [0.29, 0.717) is 23.7 Å². The second-order valence-corrected chi connectivity index (χ2v) is 6.25. The van der Waals surface area contributed by atoms with E-state index >= 15 is 0 Å². The number of alkyl halides is 2. The van der Waals surface area contributed by atoms with E-state index < -0.39 is 11.9 Å². The third kappa shape index (κ3) is 4.70. The van der Waals surface area contributed by atoms with E-state index in [4.69, 9.17) is 4.74 Å². The van der Waals surface area contributed by atoms with Gasteiger partial charge in [0.15, 0.2) is 0 Å². The Morgan fingerprint density at radius 1 is 1.21 bits per heavy atom. The van der Waals surface area contributed by atoms with Crippen LogP contribution in [0.5, 0.6) is 0 Å². The average molecular weight is 386 g/mol. The van der Waals surface area contributed by atoms with E-state index in [2.05, 4.69) is 15.6 Å². The van der Waals surface area contributed by atoms with Gasteiger partial charge in [-0.15, -0.1) is 5.10 Å². The molecule has 1 heterocycles. The number of ether oxygens (including phenoxy) is 1. The quantitative estimate of drug-likeness (QED) is 0.611. The first-order valence-electron chi connectivity index (χ1n) is 8.77. The first kappa shape index (κ1) is 19.5. The monoisotopic (exact) mass is 386 g/mol. The topological polar surface area (TPSA) is 69.0 Å². The Balaban J connectivity index is 1.85. The van der Waals surface area contributed by atoms with Crippen LogP contribution in [0.4, 0.5) is 20.2 Å². The summed E-state index contributed by atoms with van der Waals surface area (Å²) in [6, 6.07) is 13.4. The zero-order chi connectivity index (χ0) is 20.1. The predicted molar refractivity (Wildman–Crippen MR) is 101 cm³/mol. The number of esters is 1. The number of carbonyl (C=O) groups excluding carboxylic acids is 1.